The van der Waals surface area contributed by atoms with Gasteiger partial charge in [-0.1, -0.05) is 30.3 Å². The van der Waals surface area contributed by atoms with Crippen LogP contribution in [0.3, 0.4) is 0 Å². The van der Waals surface area contributed by atoms with Gasteiger partial charge < -0.3 is 4.74 Å². The summed E-state index contributed by atoms with van der Waals surface area (Å²) in [5.74, 6) is 0. The summed E-state index contributed by atoms with van der Waals surface area (Å²) >= 11 is 6.54. The van der Waals surface area contributed by atoms with Crippen LogP contribution in [0.4, 0.5) is 0 Å². The molecular weight excluding hydrogens is 224 g/mol. The topological polar surface area (TPSA) is 9.23 Å². The Labute approximate surface area is 99.2 Å². The quantitative estimate of drug-likeness (QED) is 0.569. The molecule has 82 valence electrons. The van der Waals surface area contributed by atoms with Crippen molar-refractivity contribution in [1.29, 1.82) is 0 Å². The fraction of sp³-hybridized carbons (Fsp3) is 0.500. The Morgan fingerprint density at radius 2 is 2.00 bits per heavy atom. The van der Waals surface area contributed by atoms with Gasteiger partial charge >= 0.3 is 0 Å². The molecule has 1 saturated heterocycles. The molecule has 1 aromatic carbocycles. The molecule has 2 atom stereocenters. The summed E-state index contributed by atoms with van der Waals surface area (Å²) in [5, 5.41) is -0.0353. The van der Waals surface area contributed by atoms with Crippen molar-refractivity contribution in [3.05, 3.63) is 35.9 Å². The van der Waals surface area contributed by atoms with Gasteiger partial charge in [0.15, 0.2) is 0 Å². The van der Waals surface area contributed by atoms with Crippen molar-refractivity contribution >= 4 is 21.8 Å². The number of alkyl halides is 1. The fourth-order valence-corrected chi connectivity index (χ4v) is 3.34. The van der Waals surface area contributed by atoms with Crippen LogP contribution in [0.25, 0.3) is 0 Å². The molecule has 3 heteroatoms. The molecule has 0 N–H and O–H groups in total. The Morgan fingerprint density at radius 3 is 2.60 bits per heavy atom. The lowest BCUT2D eigenvalue weighted by Gasteiger charge is -2.38. The predicted molar refractivity (Wildman–Crippen MR) is 67.5 cm³/mol. The molecular formula is C12H17ClOSi. The smallest absolute Gasteiger partial charge is 0.0834 e. The number of halogens is 1. The second-order valence-corrected chi connectivity index (χ2v) is 6.52. The van der Waals surface area contributed by atoms with E-state index in [1.807, 2.05) is 18.2 Å². The third kappa shape index (κ3) is 2.44. The molecule has 2 rings (SSSR count). The highest BCUT2D eigenvalue weighted by Crippen LogP contribution is 2.38. The normalized spacial score (nSPS) is 28.9. The van der Waals surface area contributed by atoms with Crippen LogP contribution in [0.2, 0.25) is 0 Å². The Balaban J connectivity index is 2.16. The first-order chi connectivity index (χ1) is 7.22. The fourth-order valence-electron chi connectivity index (χ4n) is 2.13. The largest absolute Gasteiger partial charge is 0.378 e. The van der Waals surface area contributed by atoms with Crippen LogP contribution in [0, 0.1) is 0 Å². The van der Waals surface area contributed by atoms with Crippen molar-refractivity contribution in [2.45, 2.75) is 29.9 Å². The Morgan fingerprint density at radius 1 is 1.27 bits per heavy atom. The van der Waals surface area contributed by atoms with E-state index < -0.39 is 0 Å². The minimum absolute atomic E-state index is 0.0191. The summed E-state index contributed by atoms with van der Waals surface area (Å²) in [6.07, 6.45) is 3.55. The molecule has 0 radical (unpaired) electrons. The van der Waals surface area contributed by atoms with E-state index >= 15 is 0 Å². The molecule has 1 aliphatic rings. The van der Waals surface area contributed by atoms with Crippen molar-refractivity contribution < 1.29 is 4.74 Å². The van der Waals surface area contributed by atoms with Crippen molar-refractivity contribution in [2.24, 2.45) is 0 Å². The highest BCUT2D eigenvalue weighted by atomic mass is 35.5. The second-order valence-electron chi connectivity index (χ2n) is 4.39. The molecule has 15 heavy (non-hydrogen) atoms. The van der Waals surface area contributed by atoms with Crippen LogP contribution >= 0.6 is 11.6 Å². The van der Waals surface area contributed by atoms with Crippen molar-refractivity contribution in [1.82, 2.24) is 0 Å². The summed E-state index contributed by atoms with van der Waals surface area (Å²) in [4.78, 5) is 0. The van der Waals surface area contributed by atoms with Crippen molar-refractivity contribution in [3.63, 3.8) is 0 Å². The van der Waals surface area contributed by atoms with Gasteiger partial charge in [0.05, 0.1) is 10.6 Å². The van der Waals surface area contributed by atoms with Gasteiger partial charge in [-0.15, -0.1) is 11.6 Å². The molecule has 0 aliphatic carbocycles. The molecule has 0 bridgehead atoms. The van der Waals surface area contributed by atoms with E-state index in [0.29, 0.717) is 0 Å². The third-order valence-corrected chi connectivity index (χ3v) is 5.57. The van der Waals surface area contributed by atoms with Crippen LogP contribution in [-0.2, 0) is 4.74 Å². The average Bonchev–Trinajstić information content (AvgIpc) is 2.30. The van der Waals surface area contributed by atoms with Gasteiger partial charge in [0, 0.05) is 16.8 Å². The second kappa shape index (κ2) is 4.68. The minimum atomic E-state index is -0.0544. The van der Waals surface area contributed by atoms with E-state index in [9.17, 15) is 0 Å². The lowest BCUT2D eigenvalue weighted by atomic mass is 10.00. The molecule has 0 aromatic heterocycles. The molecule has 1 heterocycles. The number of benzene rings is 1. The molecule has 0 spiro atoms. The SMILES string of the molecule is [SiH3]C1(C(Cl)c2ccccc2)CCCCO1. The first-order valence-electron chi connectivity index (χ1n) is 5.55. The Kier molecular flexibility index (Phi) is 3.49. The Hall–Kier alpha value is -0.313. The van der Waals surface area contributed by atoms with E-state index in [1.165, 1.54) is 18.4 Å². The third-order valence-electron chi connectivity index (χ3n) is 3.13. The number of hydrogen-bond acceptors (Lipinski definition) is 1. The van der Waals surface area contributed by atoms with E-state index in [-0.39, 0.29) is 10.6 Å². The molecule has 1 aromatic rings. The first-order valence-corrected chi connectivity index (χ1v) is 6.99. The van der Waals surface area contributed by atoms with Gasteiger partial charge in [0.1, 0.15) is 0 Å². The molecule has 1 fully saturated rings. The maximum atomic E-state index is 6.54. The lowest BCUT2D eigenvalue weighted by molar-refractivity contribution is -0.0202. The van der Waals surface area contributed by atoms with Gasteiger partial charge in [-0.05, 0) is 24.8 Å². The van der Waals surface area contributed by atoms with Gasteiger partial charge in [-0.2, -0.15) is 0 Å². The zero-order valence-corrected chi connectivity index (χ0v) is 11.8. The zero-order valence-electron chi connectivity index (χ0n) is 9.08. The van der Waals surface area contributed by atoms with E-state index in [2.05, 4.69) is 12.1 Å². The number of ether oxygens (including phenoxy) is 1. The van der Waals surface area contributed by atoms with E-state index in [0.717, 1.165) is 23.3 Å². The monoisotopic (exact) mass is 240 g/mol. The molecule has 1 aliphatic heterocycles. The maximum absolute atomic E-state index is 6.54. The maximum Gasteiger partial charge on any atom is 0.0834 e. The van der Waals surface area contributed by atoms with E-state index in [4.69, 9.17) is 16.3 Å². The Bertz CT molecular complexity index is 309. The molecule has 1 nitrogen and oxygen atoms in total. The summed E-state index contributed by atoms with van der Waals surface area (Å²) in [7, 11) is 0.994. The summed E-state index contributed by atoms with van der Waals surface area (Å²) in [6.45, 7) is 0.875. The van der Waals surface area contributed by atoms with Crippen LogP contribution in [0.5, 0.6) is 0 Å². The number of hydrogen-bond donors (Lipinski definition) is 0. The van der Waals surface area contributed by atoms with Crippen LogP contribution < -0.4 is 0 Å². The highest BCUT2D eigenvalue weighted by molar-refractivity contribution is 6.28. The summed E-state index contributed by atoms with van der Waals surface area (Å²) in [5.41, 5.74) is 1.19. The van der Waals surface area contributed by atoms with Gasteiger partial charge in [0.2, 0.25) is 0 Å². The molecule has 2 unspecified atom stereocenters. The van der Waals surface area contributed by atoms with Crippen LogP contribution in [0.15, 0.2) is 30.3 Å². The van der Waals surface area contributed by atoms with Crippen molar-refractivity contribution in [2.75, 3.05) is 6.61 Å². The average molecular weight is 241 g/mol. The minimum Gasteiger partial charge on any atom is -0.378 e. The van der Waals surface area contributed by atoms with Crippen molar-refractivity contribution in [3.8, 4) is 0 Å². The van der Waals surface area contributed by atoms with Gasteiger partial charge in [-0.3, -0.25) is 0 Å². The number of rotatable bonds is 2. The lowest BCUT2D eigenvalue weighted by Crippen LogP contribution is -2.40. The van der Waals surface area contributed by atoms with Gasteiger partial charge in [-0.25, -0.2) is 0 Å². The zero-order chi connectivity index (χ0) is 10.7. The van der Waals surface area contributed by atoms with Gasteiger partial charge in [0.25, 0.3) is 0 Å². The summed E-state index contributed by atoms with van der Waals surface area (Å²) < 4.78 is 5.91. The standard InChI is InChI=1S/C12H17ClOSi/c13-11(10-6-2-1-3-7-10)12(15)8-4-5-9-14-12/h1-3,6-7,11H,4-5,8-9H2,15H3. The summed E-state index contributed by atoms with van der Waals surface area (Å²) in [6, 6.07) is 10.3. The molecule has 0 saturated carbocycles. The van der Waals surface area contributed by atoms with E-state index in [1.54, 1.807) is 0 Å². The van der Waals surface area contributed by atoms with Crippen LogP contribution in [0.1, 0.15) is 30.2 Å². The predicted octanol–water partition coefficient (Wildman–Crippen LogP) is 2.23. The molecule has 0 amide bonds. The highest BCUT2D eigenvalue weighted by Gasteiger charge is 2.36. The first kappa shape index (κ1) is 11.2. The van der Waals surface area contributed by atoms with Crippen LogP contribution in [-0.4, -0.2) is 22.1 Å².